The van der Waals surface area contributed by atoms with Crippen molar-refractivity contribution in [2.45, 2.75) is 58.0 Å². The molecule has 2 aliphatic heterocycles. The second-order valence-corrected chi connectivity index (χ2v) is 5.98. The van der Waals surface area contributed by atoms with E-state index >= 15 is 0 Å². The molecule has 0 unspecified atom stereocenters. The molecule has 1 N–H and O–H groups in total. The highest BCUT2D eigenvalue weighted by atomic mass is 16.2. The van der Waals surface area contributed by atoms with Crippen molar-refractivity contribution in [3.05, 3.63) is 0 Å². The summed E-state index contributed by atoms with van der Waals surface area (Å²) in [5.74, 6) is 0.657. The summed E-state index contributed by atoms with van der Waals surface area (Å²) in [4.78, 5) is 14.6. The van der Waals surface area contributed by atoms with Crippen molar-refractivity contribution in [3.63, 3.8) is 0 Å². The first-order valence-corrected chi connectivity index (χ1v) is 6.55. The van der Waals surface area contributed by atoms with Crippen molar-refractivity contribution in [1.29, 1.82) is 0 Å². The molecule has 16 heavy (non-hydrogen) atoms. The van der Waals surface area contributed by atoms with Crippen LogP contribution in [0.3, 0.4) is 0 Å². The number of hydrogen-bond acceptors (Lipinski definition) is 2. The van der Waals surface area contributed by atoms with Crippen LogP contribution in [0.2, 0.25) is 0 Å². The molecule has 2 heterocycles. The number of amides is 1. The lowest BCUT2D eigenvalue weighted by atomic mass is 9.90. The summed E-state index contributed by atoms with van der Waals surface area (Å²) in [5.41, 5.74) is 0.0885. The van der Waals surface area contributed by atoms with E-state index in [1.165, 1.54) is 6.42 Å². The van der Waals surface area contributed by atoms with E-state index in [-0.39, 0.29) is 11.5 Å². The minimum Gasteiger partial charge on any atom is -0.337 e. The van der Waals surface area contributed by atoms with Crippen LogP contribution in [0.25, 0.3) is 0 Å². The van der Waals surface area contributed by atoms with E-state index in [0.717, 1.165) is 32.4 Å². The smallest absolute Gasteiger partial charge is 0.226 e. The highest BCUT2D eigenvalue weighted by Gasteiger charge is 2.39. The van der Waals surface area contributed by atoms with Crippen molar-refractivity contribution in [1.82, 2.24) is 10.2 Å². The molecule has 2 rings (SSSR count). The van der Waals surface area contributed by atoms with E-state index in [1.54, 1.807) is 0 Å². The van der Waals surface area contributed by atoms with Gasteiger partial charge in [0, 0.05) is 24.0 Å². The molecule has 2 atom stereocenters. The van der Waals surface area contributed by atoms with Crippen molar-refractivity contribution in [2.24, 2.45) is 5.92 Å². The molecule has 1 amide bonds. The number of likely N-dealkylation sites (tertiary alicyclic amines) is 1. The zero-order chi connectivity index (χ0) is 11.8. The summed E-state index contributed by atoms with van der Waals surface area (Å²) < 4.78 is 0. The minimum atomic E-state index is 0.0885. The third-order valence-electron chi connectivity index (χ3n) is 4.14. The lowest BCUT2D eigenvalue weighted by Crippen LogP contribution is -2.49. The Kier molecular flexibility index (Phi) is 3.24. The van der Waals surface area contributed by atoms with Gasteiger partial charge in [0.1, 0.15) is 0 Å². The van der Waals surface area contributed by atoms with E-state index < -0.39 is 0 Å². The van der Waals surface area contributed by atoms with Gasteiger partial charge in [-0.25, -0.2) is 0 Å². The molecule has 0 aliphatic carbocycles. The van der Waals surface area contributed by atoms with Crippen LogP contribution >= 0.6 is 0 Å². The van der Waals surface area contributed by atoms with Crippen LogP contribution < -0.4 is 5.32 Å². The molecule has 0 bridgehead atoms. The maximum atomic E-state index is 12.5. The van der Waals surface area contributed by atoms with Gasteiger partial charge in [-0.15, -0.1) is 0 Å². The molecule has 2 aliphatic rings. The second kappa shape index (κ2) is 4.36. The van der Waals surface area contributed by atoms with Crippen LogP contribution in [-0.4, -0.2) is 35.5 Å². The summed E-state index contributed by atoms with van der Waals surface area (Å²) in [6.45, 7) is 8.52. The Morgan fingerprint density at radius 2 is 2.19 bits per heavy atom. The number of hydrogen-bond donors (Lipinski definition) is 1. The highest BCUT2D eigenvalue weighted by Crippen LogP contribution is 2.31. The predicted octanol–water partition coefficient (Wildman–Crippen LogP) is 1.78. The Morgan fingerprint density at radius 1 is 1.44 bits per heavy atom. The first kappa shape index (κ1) is 11.9. The highest BCUT2D eigenvalue weighted by molar-refractivity contribution is 5.80. The molecule has 3 nitrogen and oxygen atoms in total. The number of piperidine rings is 1. The summed E-state index contributed by atoms with van der Waals surface area (Å²) >= 11 is 0. The van der Waals surface area contributed by atoms with Crippen LogP contribution in [0.1, 0.15) is 46.5 Å². The number of carbonyl (C=O) groups is 1. The van der Waals surface area contributed by atoms with Gasteiger partial charge in [0.15, 0.2) is 0 Å². The normalized spacial score (nSPS) is 34.1. The number of carbonyl (C=O) groups excluding carboxylic acids is 1. The summed E-state index contributed by atoms with van der Waals surface area (Å²) in [5, 5.41) is 3.41. The molecule has 2 fully saturated rings. The fourth-order valence-corrected chi connectivity index (χ4v) is 3.09. The Labute approximate surface area is 98.6 Å². The van der Waals surface area contributed by atoms with Crippen molar-refractivity contribution < 1.29 is 4.79 Å². The van der Waals surface area contributed by atoms with Crippen molar-refractivity contribution >= 4 is 5.91 Å². The lowest BCUT2D eigenvalue weighted by molar-refractivity contribution is -0.139. The van der Waals surface area contributed by atoms with Crippen molar-refractivity contribution in [3.8, 4) is 0 Å². The number of nitrogens with one attached hydrogen (secondary N) is 1. The third kappa shape index (κ3) is 2.24. The molecular formula is C13H24N2O. The standard InChI is InChI=1S/C13H24N2O/c1-10-9-11(5-7-14-10)12(16)15-8-4-6-13(15,2)3/h10-11,14H,4-9H2,1-3H3/t10-,11-/m0/s1. The Morgan fingerprint density at radius 3 is 2.75 bits per heavy atom. The number of rotatable bonds is 1. The monoisotopic (exact) mass is 224 g/mol. The van der Waals surface area contributed by atoms with E-state index in [2.05, 4.69) is 31.0 Å². The van der Waals surface area contributed by atoms with E-state index in [9.17, 15) is 4.79 Å². The molecule has 2 saturated heterocycles. The summed E-state index contributed by atoms with van der Waals surface area (Å²) in [7, 11) is 0. The molecule has 0 spiro atoms. The topological polar surface area (TPSA) is 32.3 Å². The Bertz CT molecular complexity index is 275. The van der Waals surface area contributed by atoms with E-state index in [1.807, 2.05) is 0 Å². The minimum absolute atomic E-state index is 0.0885. The maximum Gasteiger partial charge on any atom is 0.226 e. The largest absolute Gasteiger partial charge is 0.337 e. The maximum absolute atomic E-state index is 12.5. The zero-order valence-corrected chi connectivity index (χ0v) is 10.8. The average molecular weight is 224 g/mol. The molecule has 3 heteroatoms. The molecule has 0 aromatic rings. The van der Waals surface area contributed by atoms with Gasteiger partial charge in [0.2, 0.25) is 5.91 Å². The third-order valence-corrected chi connectivity index (χ3v) is 4.14. The van der Waals surface area contributed by atoms with Crippen LogP contribution in [-0.2, 0) is 4.79 Å². The van der Waals surface area contributed by atoms with Gasteiger partial charge < -0.3 is 10.2 Å². The van der Waals surface area contributed by atoms with Crippen LogP contribution in [0.4, 0.5) is 0 Å². The molecular weight excluding hydrogens is 200 g/mol. The van der Waals surface area contributed by atoms with Gasteiger partial charge in [-0.2, -0.15) is 0 Å². The van der Waals surface area contributed by atoms with E-state index in [0.29, 0.717) is 11.9 Å². The quantitative estimate of drug-likeness (QED) is 0.736. The molecule has 0 aromatic carbocycles. The zero-order valence-electron chi connectivity index (χ0n) is 10.8. The fraction of sp³-hybridized carbons (Fsp3) is 0.923. The van der Waals surface area contributed by atoms with E-state index in [4.69, 9.17) is 0 Å². The molecule has 0 saturated carbocycles. The summed E-state index contributed by atoms with van der Waals surface area (Å²) in [6.07, 6.45) is 4.33. The van der Waals surface area contributed by atoms with Gasteiger partial charge in [-0.05, 0) is 53.0 Å². The fourth-order valence-electron chi connectivity index (χ4n) is 3.09. The number of nitrogens with zero attached hydrogens (tertiary/aromatic N) is 1. The average Bonchev–Trinajstić information content (AvgIpc) is 2.57. The summed E-state index contributed by atoms with van der Waals surface area (Å²) in [6, 6.07) is 0.494. The van der Waals surface area contributed by atoms with Crippen LogP contribution in [0, 0.1) is 5.92 Å². The SMILES string of the molecule is C[C@H]1C[C@@H](C(=O)N2CCCC2(C)C)CCN1. The van der Waals surface area contributed by atoms with Gasteiger partial charge in [0.25, 0.3) is 0 Å². The molecule has 0 radical (unpaired) electrons. The first-order valence-electron chi connectivity index (χ1n) is 6.55. The first-order chi connectivity index (χ1) is 7.50. The van der Waals surface area contributed by atoms with Crippen molar-refractivity contribution in [2.75, 3.05) is 13.1 Å². The van der Waals surface area contributed by atoms with Gasteiger partial charge in [0.05, 0.1) is 0 Å². The molecule has 0 aromatic heterocycles. The van der Waals surface area contributed by atoms with Crippen LogP contribution in [0.15, 0.2) is 0 Å². The predicted molar refractivity (Wildman–Crippen MR) is 65.2 cm³/mol. The lowest BCUT2D eigenvalue weighted by Gasteiger charge is -2.37. The Balaban J connectivity index is 2.01. The van der Waals surface area contributed by atoms with Crippen LogP contribution in [0.5, 0.6) is 0 Å². The van der Waals surface area contributed by atoms with Gasteiger partial charge >= 0.3 is 0 Å². The second-order valence-electron chi connectivity index (χ2n) is 5.98. The Hall–Kier alpha value is -0.570. The molecule has 92 valence electrons. The van der Waals surface area contributed by atoms with Gasteiger partial charge in [-0.1, -0.05) is 0 Å². The van der Waals surface area contributed by atoms with Gasteiger partial charge in [-0.3, -0.25) is 4.79 Å².